The van der Waals surface area contributed by atoms with Gasteiger partial charge in [-0.05, 0) is 42.9 Å². The molecule has 0 bridgehead atoms. The summed E-state index contributed by atoms with van der Waals surface area (Å²) in [6, 6.07) is 6.57. The van der Waals surface area contributed by atoms with Gasteiger partial charge in [-0.2, -0.15) is 0 Å². The van der Waals surface area contributed by atoms with Crippen LogP contribution in [0.25, 0.3) is 0 Å². The third kappa shape index (κ3) is 2.91. The van der Waals surface area contributed by atoms with Gasteiger partial charge in [0.15, 0.2) is 0 Å². The van der Waals surface area contributed by atoms with Crippen LogP contribution in [0.5, 0.6) is 5.75 Å². The molecule has 1 amide bonds. The van der Waals surface area contributed by atoms with E-state index in [0.717, 1.165) is 38.0 Å². The van der Waals surface area contributed by atoms with Crippen molar-refractivity contribution in [1.82, 2.24) is 4.90 Å². The molecule has 3 heteroatoms. The molecule has 0 aliphatic heterocycles. The maximum atomic E-state index is 11.8. The van der Waals surface area contributed by atoms with Gasteiger partial charge in [0.05, 0.1) is 7.11 Å². The largest absolute Gasteiger partial charge is 0.496 e. The maximum absolute atomic E-state index is 11.8. The van der Waals surface area contributed by atoms with Crippen LogP contribution in [0.3, 0.4) is 0 Å². The normalized spacial score (nSPS) is 17.7. The third-order valence-electron chi connectivity index (χ3n) is 3.94. The number of benzene rings is 1. The molecule has 1 atom stereocenters. The van der Waals surface area contributed by atoms with E-state index in [-0.39, 0.29) is 5.91 Å². The van der Waals surface area contributed by atoms with Gasteiger partial charge in [-0.1, -0.05) is 19.1 Å². The van der Waals surface area contributed by atoms with Gasteiger partial charge in [-0.25, -0.2) is 0 Å². The Morgan fingerprint density at radius 1 is 1.47 bits per heavy atom. The molecule has 3 nitrogen and oxygen atoms in total. The Morgan fingerprint density at radius 2 is 2.26 bits per heavy atom. The van der Waals surface area contributed by atoms with Gasteiger partial charge in [0.25, 0.3) is 0 Å². The van der Waals surface area contributed by atoms with Gasteiger partial charge in [0.2, 0.25) is 5.91 Å². The number of carbonyl (C=O) groups is 1. The van der Waals surface area contributed by atoms with E-state index in [9.17, 15) is 4.79 Å². The van der Waals surface area contributed by atoms with Gasteiger partial charge in [-0.15, -0.1) is 0 Å². The molecule has 0 aromatic heterocycles. The van der Waals surface area contributed by atoms with Crippen molar-refractivity contribution in [3.63, 3.8) is 0 Å². The zero-order valence-corrected chi connectivity index (χ0v) is 12.1. The monoisotopic (exact) mass is 261 g/mol. The second-order valence-electron chi connectivity index (χ2n) is 5.21. The molecule has 0 unspecified atom stereocenters. The number of methoxy groups -OCH3 is 1. The lowest BCUT2D eigenvalue weighted by atomic mass is 9.86. The topological polar surface area (TPSA) is 29.5 Å². The van der Waals surface area contributed by atoms with Crippen LogP contribution in [0.2, 0.25) is 0 Å². The fourth-order valence-electron chi connectivity index (χ4n) is 3.05. The summed E-state index contributed by atoms with van der Waals surface area (Å²) in [5, 5.41) is 0. The molecule has 0 N–H and O–H groups in total. The Balaban J connectivity index is 2.19. The van der Waals surface area contributed by atoms with Crippen molar-refractivity contribution in [2.45, 2.75) is 45.6 Å². The number of nitrogens with zero attached hydrogens (tertiary/aromatic N) is 1. The second kappa shape index (κ2) is 6.09. The molecular weight excluding hydrogens is 238 g/mol. The van der Waals surface area contributed by atoms with E-state index >= 15 is 0 Å². The Bertz CT molecular complexity index is 456. The first-order valence-corrected chi connectivity index (χ1v) is 7.09. The molecule has 2 rings (SSSR count). The van der Waals surface area contributed by atoms with Crippen LogP contribution in [0.4, 0.5) is 0 Å². The fraction of sp³-hybridized carbons (Fsp3) is 0.562. The summed E-state index contributed by atoms with van der Waals surface area (Å²) in [6.07, 6.45) is 4.00. The Labute approximate surface area is 115 Å². The van der Waals surface area contributed by atoms with Crippen LogP contribution in [0, 0.1) is 0 Å². The number of hydrogen-bond acceptors (Lipinski definition) is 2. The van der Waals surface area contributed by atoms with E-state index < -0.39 is 0 Å². The first kappa shape index (κ1) is 13.9. The average Bonchev–Trinajstić information content (AvgIpc) is 2.43. The number of amides is 1. The highest BCUT2D eigenvalue weighted by Gasteiger charge is 2.26. The highest BCUT2D eigenvalue weighted by atomic mass is 16.5. The number of rotatable bonds is 4. The Kier molecular flexibility index (Phi) is 4.46. The molecule has 1 aromatic carbocycles. The quantitative estimate of drug-likeness (QED) is 0.834. The summed E-state index contributed by atoms with van der Waals surface area (Å²) in [5.41, 5.74) is 2.65. The van der Waals surface area contributed by atoms with Crippen LogP contribution >= 0.6 is 0 Å². The lowest BCUT2D eigenvalue weighted by Gasteiger charge is -2.35. The van der Waals surface area contributed by atoms with Gasteiger partial charge in [0.1, 0.15) is 5.75 Å². The van der Waals surface area contributed by atoms with Crippen molar-refractivity contribution in [1.29, 1.82) is 0 Å². The zero-order chi connectivity index (χ0) is 13.8. The Morgan fingerprint density at radius 3 is 2.89 bits per heavy atom. The number of ether oxygens (including phenoxy) is 1. The van der Waals surface area contributed by atoms with Crippen LogP contribution in [0.15, 0.2) is 18.2 Å². The molecular formula is C16H23NO2. The maximum Gasteiger partial charge on any atom is 0.219 e. The van der Waals surface area contributed by atoms with Crippen molar-refractivity contribution in [2.24, 2.45) is 0 Å². The van der Waals surface area contributed by atoms with E-state index in [1.807, 2.05) is 17.0 Å². The van der Waals surface area contributed by atoms with E-state index in [4.69, 9.17) is 4.74 Å². The van der Waals surface area contributed by atoms with Crippen LogP contribution in [0.1, 0.15) is 37.8 Å². The smallest absolute Gasteiger partial charge is 0.219 e. The highest BCUT2D eigenvalue weighted by Crippen LogP contribution is 2.31. The molecule has 0 fully saturated rings. The molecule has 0 heterocycles. The van der Waals surface area contributed by atoms with Gasteiger partial charge >= 0.3 is 0 Å². The zero-order valence-electron chi connectivity index (χ0n) is 12.1. The van der Waals surface area contributed by atoms with Crippen molar-refractivity contribution < 1.29 is 9.53 Å². The van der Waals surface area contributed by atoms with Crippen molar-refractivity contribution >= 4 is 5.91 Å². The molecule has 0 radical (unpaired) electrons. The lowest BCUT2D eigenvalue weighted by Crippen LogP contribution is -2.42. The van der Waals surface area contributed by atoms with Crippen molar-refractivity contribution in [3.05, 3.63) is 29.3 Å². The van der Waals surface area contributed by atoms with Gasteiger partial charge in [0, 0.05) is 19.5 Å². The Hall–Kier alpha value is -1.51. The first-order valence-electron chi connectivity index (χ1n) is 7.09. The van der Waals surface area contributed by atoms with Crippen LogP contribution < -0.4 is 4.74 Å². The lowest BCUT2D eigenvalue weighted by molar-refractivity contribution is -0.131. The van der Waals surface area contributed by atoms with E-state index in [0.29, 0.717) is 6.04 Å². The molecule has 0 spiro atoms. The number of carbonyl (C=O) groups excluding carboxylic acids is 1. The minimum absolute atomic E-state index is 0.193. The molecule has 0 saturated heterocycles. The predicted molar refractivity (Wildman–Crippen MR) is 76.5 cm³/mol. The van der Waals surface area contributed by atoms with E-state index in [1.165, 1.54) is 11.1 Å². The van der Waals surface area contributed by atoms with Crippen molar-refractivity contribution in [2.75, 3.05) is 13.7 Å². The minimum Gasteiger partial charge on any atom is -0.496 e. The van der Waals surface area contributed by atoms with Gasteiger partial charge in [-0.3, -0.25) is 4.79 Å². The summed E-state index contributed by atoms with van der Waals surface area (Å²) < 4.78 is 5.42. The first-order chi connectivity index (χ1) is 9.17. The van der Waals surface area contributed by atoms with Crippen LogP contribution in [-0.2, 0) is 17.6 Å². The summed E-state index contributed by atoms with van der Waals surface area (Å²) in [4.78, 5) is 13.8. The summed E-state index contributed by atoms with van der Waals surface area (Å²) in [5.74, 6) is 1.18. The van der Waals surface area contributed by atoms with Crippen LogP contribution in [-0.4, -0.2) is 30.5 Å². The van der Waals surface area contributed by atoms with Gasteiger partial charge < -0.3 is 9.64 Å². The highest BCUT2D eigenvalue weighted by molar-refractivity contribution is 5.73. The third-order valence-corrected chi connectivity index (χ3v) is 3.94. The average molecular weight is 261 g/mol. The van der Waals surface area contributed by atoms with E-state index in [1.54, 1.807) is 14.0 Å². The fourth-order valence-corrected chi connectivity index (χ4v) is 3.05. The second-order valence-corrected chi connectivity index (χ2v) is 5.21. The van der Waals surface area contributed by atoms with E-state index in [2.05, 4.69) is 13.0 Å². The predicted octanol–water partition coefficient (Wildman–Crippen LogP) is 2.81. The number of hydrogen-bond donors (Lipinski definition) is 0. The molecule has 19 heavy (non-hydrogen) atoms. The molecule has 1 aromatic rings. The van der Waals surface area contributed by atoms with Crippen molar-refractivity contribution in [3.8, 4) is 5.75 Å². The SMILES string of the molecule is CCCN(C(C)=O)[C@H]1CCc2c(cccc2OC)C1. The molecule has 104 valence electrons. The molecule has 1 aliphatic carbocycles. The summed E-state index contributed by atoms with van der Waals surface area (Å²) in [7, 11) is 1.72. The summed E-state index contributed by atoms with van der Waals surface area (Å²) >= 11 is 0. The minimum atomic E-state index is 0.193. The molecule has 1 aliphatic rings. The number of fused-ring (bicyclic) bond motifs is 1. The summed E-state index contributed by atoms with van der Waals surface area (Å²) in [6.45, 7) is 4.66. The molecule has 0 saturated carbocycles. The standard InChI is InChI=1S/C16H23NO2/c1-4-10-17(12(2)18)14-8-9-15-13(11-14)6-5-7-16(15)19-3/h5-7,14H,4,8-11H2,1-3H3/t14-/m0/s1.